The molecule has 21 heavy (non-hydrogen) atoms. The SMILES string of the molecule is COc1ccc(C=O)c2c1Oc1cc([N+](=O)[O-])ccc1O2. The van der Waals surface area contributed by atoms with Gasteiger partial charge in [-0.15, -0.1) is 0 Å². The molecule has 0 fully saturated rings. The number of hydrogen-bond acceptors (Lipinski definition) is 6. The minimum Gasteiger partial charge on any atom is -0.493 e. The molecule has 0 saturated heterocycles. The van der Waals surface area contributed by atoms with E-state index in [-0.39, 0.29) is 22.9 Å². The van der Waals surface area contributed by atoms with Gasteiger partial charge in [-0.25, -0.2) is 0 Å². The van der Waals surface area contributed by atoms with Gasteiger partial charge in [0.2, 0.25) is 5.75 Å². The maximum Gasteiger partial charge on any atom is 0.273 e. The zero-order valence-electron chi connectivity index (χ0n) is 10.9. The fraction of sp³-hybridized carbons (Fsp3) is 0.0714. The number of rotatable bonds is 3. The minimum absolute atomic E-state index is 0.119. The van der Waals surface area contributed by atoms with Crippen LogP contribution < -0.4 is 14.2 Å². The first kappa shape index (κ1) is 12.9. The van der Waals surface area contributed by atoms with Crippen molar-refractivity contribution >= 4 is 12.0 Å². The van der Waals surface area contributed by atoms with Crippen LogP contribution in [0.4, 0.5) is 5.69 Å². The van der Waals surface area contributed by atoms with Crippen molar-refractivity contribution in [2.24, 2.45) is 0 Å². The van der Waals surface area contributed by atoms with Crippen molar-refractivity contribution in [2.45, 2.75) is 0 Å². The molecule has 106 valence electrons. The van der Waals surface area contributed by atoms with Gasteiger partial charge in [0.25, 0.3) is 5.69 Å². The molecule has 0 atom stereocenters. The van der Waals surface area contributed by atoms with Crippen molar-refractivity contribution in [3.8, 4) is 28.7 Å². The maximum absolute atomic E-state index is 11.1. The first-order chi connectivity index (χ1) is 10.1. The number of hydrogen-bond donors (Lipinski definition) is 0. The van der Waals surface area contributed by atoms with Gasteiger partial charge >= 0.3 is 0 Å². The summed E-state index contributed by atoms with van der Waals surface area (Å²) in [4.78, 5) is 21.3. The fourth-order valence-electron chi connectivity index (χ4n) is 2.01. The van der Waals surface area contributed by atoms with E-state index in [0.717, 1.165) is 0 Å². The predicted octanol–water partition coefficient (Wildman–Crippen LogP) is 3.31. The van der Waals surface area contributed by atoms with E-state index in [0.29, 0.717) is 23.3 Å². The van der Waals surface area contributed by atoms with Gasteiger partial charge in [0.15, 0.2) is 29.3 Å². The third-order valence-electron chi connectivity index (χ3n) is 3.02. The molecule has 0 radical (unpaired) electrons. The number of fused-ring (bicyclic) bond motifs is 2. The number of carbonyl (C=O) groups is 1. The lowest BCUT2D eigenvalue weighted by atomic mass is 10.1. The fourth-order valence-corrected chi connectivity index (χ4v) is 2.01. The zero-order valence-corrected chi connectivity index (χ0v) is 10.9. The van der Waals surface area contributed by atoms with Gasteiger partial charge in [-0.3, -0.25) is 14.9 Å². The molecule has 1 aliphatic heterocycles. The predicted molar refractivity (Wildman–Crippen MR) is 71.6 cm³/mol. The average molecular weight is 287 g/mol. The Balaban J connectivity index is 2.13. The van der Waals surface area contributed by atoms with E-state index in [1.54, 1.807) is 12.1 Å². The molecule has 1 heterocycles. The Kier molecular flexibility index (Phi) is 2.94. The third-order valence-corrected chi connectivity index (χ3v) is 3.02. The Hall–Kier alpha value is -3.09. The number of methoxy groups -OCH3 is 1. The Labute approximate surface area is 118 Å². The Morgan fingerprint density at radius 2 is 1.90 bits per heavy atom. The van der Waals surface area contributed by atoms with Crippen LogP contribution in [-0.2, 0) is 0 Å². The van der Waals surface area contributed by atoms with Crippen molar-refractivity contribution in [2.75, 3.05) is 7.11 Å². The lowest BCUT2D eigenvalue weighted by Crippen LogP contribution is -2.04. The van der Waals surface area contributed by atoms with Gasteiger partial charge in [0.05, 0.1) is 23.7 Å². The largest absolute Gasteiger partial charge is 0.493 e. The number of nitro groups is 1. The van der Waals surface area contributed by atoms with Crippen LogP contribution in [0.15, 0.2) is 30.3 Å². The highest BCUT2D eigenvalue weighted by atomic mass is 16.6. The number of non-ortho nitro benzene ring substituents is 1. The van der Waals surface area contributed by atoms with Crippen LogP contribution in [-0.4, -0.2) is 18.3 Å². The van der Waals surface area contributed by atoms with Gasteiger partial charge in [0, 0.05) is 6.07 Å². The number of carbonyl (C=O) groups excluding carboxylic acids is 1. The molecule has 0 unspecified atom stereocenters. The van der Waals surface area contributed by atoms with E-state index in [1.165, 1.54) is 25.3 Å². The Bertz CT molecular complexity index is 755. The summed E-state index contributed by atoms with van der Waals surface area (Å²) in [6.45, 7) is 0. The third kappa shape index (κ3) is 2.04. The molecule has 1 aliphatic rings. The highest BCUT2D eigenvalue weighted by Gasteiger charge is 2.27. The minimum atomic E-state index is -0.530. The van der Waals surface area contributed by atoms with Gasteiger partial charge < -0.3 is 14.2 Å². The number of aldehydes is 1. The molecule has 7 heteroatoms. The monoisotopic (exact) mass is 287 g/mol. The first-order valence-electron chi connectivity index (χ1n) is 5.94. The molecule has 0 amide bonds. The van der Waals surface area contributed by atoms with E-state index in [1.807, 2.05) is 0 Å². The van der Waals surface area contributed by atoms with Crippen LogP contribution in [0.25, 0.3) is 0 Å². The summed E-state index contributed by atoms with van der Waals surface area (Å²) in [5.74, 6) is 1.30. The quantitative estimate of drug-likeness (QED) is 0.417. The molecule has 0 N–H and O–H groups in total. The smallest absolute Gasteiger partial charge is 0.273 e. The van der Waals surface area contributed by atoms with Crippen molar-refractivity contribution in [1.82, 2.24) is 0 Å². The van der Waals surface area contributed by atoms with Gasteiger partial charge in [-0.05, 0) is 18.2 Å². The van der Waals surface area contributed by atoms with E-state index in [9.17, 15) is 14.9 Å². The summed E-state index contributed by atoms with van der Waals surface area (Å²) in [7, 11) is 1.45. The molecular weight excluding hydrogens is 278 g/mol. The summed E-state index contributed by atoms with van der Waals surface area (Å²) < 4.78 is 16.4. The molecule has 0 aliphatic carbocycles. The molecule has 3 rings (SSSR count). The van der Waals surface area contributed by atoms with E-state index in [4.69, 9.17) is 14.2 Å². The summed E-state index contributed by atoms with van der Waals surface area (Å²) in [5.41, 5.74) is 0.182. The van der Waals surface area contributed by atoms with Crippen LogP contribution in [0.3, 0.4) is 0 Å². The van der Waals surface area contributed by atoms with E-state index >= 15 is 0 Å². The number of benzene rings is 2. The molecule has 0 saturated carbocycles. The second-order valence-corrected chi connectivity index (χ2v) is 4.23. The molecule has 2 aromatic rings. The van der Waals surface area contributed by atoms with Gasteiger partial charge in [0.1, 0.15) is 0 Å². The van der Waals surface area contributed by atoms with Gasteiger partial charge in [-0.2, -0.15) is 0 Å². The highest BCUT2D eigenvalue weighted by molar-refractivity contribution is 5.83. The lowest BCUT2D eigenvalue weighted by Gasteiger charge is -2.22. The van der Waals surface area contributed by atoms with Crippen LogP contribution in [0, 0.1) is 10.1 Å². The standard InChI is InChI=1S/C14H9NO6/c1-19-11-4-2-8(7-16)13-14(11)21-12-6-9(15(17)18)3-5-10(12)20-13/h2-7H,1H3. The van der Waals surface area contributed by atoms with Crippen LogP contribution in [0.2, 0.25) is 0 Å². The number of nitro benzene ring substituents is 1. The second kappa shape index (κ2) is 4.78. The lowest BCUT2D eigenvalue weighted by molar-refractivity contribution is -0.384. The van der Waals surface area contributed by atoms with Gasteiger partial charge in [-0.1, -0.05) is 0 Å². The number of nitrogens with zero attached hydrogens (tertiary/aromatic N) is 1. The topological polar surface area (TPSA) is 87.9 Å². The average Bonchev–Trinajstić information content (AvgIpc) is 2.51. The molecule has 7 nitrogen and oxygen atoms in total. The first-order valence-corrected chi connectivity index (χ1v) is 5.94. The molecule has 0 spiro atoms. The van der Waals surface area contributed by atoms with Crippen molar-refractivity contribution in [3.05, 3.63) is 46.0 Å². The highest BCUT2D eigenvalue weighted by Crippen LogP contribution is 2.51. The molecule has 0 aromatic heterocycles. The zero-order chi connectivity index (χ0) is 15.0. The van der Waals surface area contributed by atoms with Crippen molar-refractivity contribution in [3.63, 3.8) is 0 Å². The van der Waals surface area contributed by atoms with Crippen molar-refractivity contribution in [1.29, 1.82) is 0 Å². The number of ether oxygens (including phenoxy) is 3. The summed E-state index contributed by atoms with van der Waals surface area (Å²) >= 11 is 0. The van der Waals surface area contributed by atoms with E-state index in [2.05, 4.69) is 0 Å². The Morgan fingerprint density at radius 1 is 1.14 bits per heavy atom. The molecule has 2 aromatic carbocycles. The molecular formula is C14H9NO6. The van der Waals surface area contributed by atoms with Crippen molar-refractivity contribution < 1.29 is 23.9 Å². The Morgan fingerprint density at radius 3 is 2.57 bits per heavy atom. The summed E-state index contributed by atoms with van der Waals surface area (Å²) in [6.07, 6.45) is 0.637. The molecule has 0 bridgehead atoms. The van der Waals surface area contributed by atoms with Crippen LogP contribution in [0.1, 0.15) is 10.4 Å². The van der Waals surface area contributed by atoms with Crippen LogP contribution >= 0.6 is 0 Å². The summed E-state index contributed by atoms with van der Waals surface area (Å²) in [5, 5.41) is 10.8. The van der Waals surface area contributed by atoms with E-state index < -0.39 is 4.92 Å². The second-order valence-electron chi connectivity index (χ2n) is 4.23. The van der Waals surface area contributed by atoms with Crippen LogP contribution in [0.5, 0.6) is 28.7 Å². The normalized spacial score (nSPS) is 11.5. The summed E-state index contributed by atoms with van der Waals surface area (Å²) in [6, 6.07) is 7.09. The maximum atomic E-state index is 11.1.